The van der Waals surface area contributed by atoms with Crippen LogP contribution in [0.15, 0.2) is 42.7 Å². The number of amides is 1. The Hall–Kier alpha value is -2.56. The fourth-order valence-corrected chi connectivity index (χ4v) is 2.40. The molecule has 0 bridgehead atoms. The summed E-state index contributed by atoms with van der Waals surface area (Å²) in [7, 11) is 0. The molecular formula is C15H13N3O2. The van der Waals surface area contributed by atoms with Gasteiger partial charge in [0.25, 0.3) is 0 Å². The molecule has 0 spiro atoms. The molecule has 1 heterocycles. The lowest BCUT2D eigenvalue weighted by Gasteiger charge is -2.22. The summed E-state index contributed by atoms with van der Waals surface area (Å²) in [6, 6.07) is 9.11. The van der Waals surface area contributed by atoms with Crippen molar-refractivity contribution in [1.82, 2.24) is 9.97 Å². The molecular weight excluding hydrogens is 254 g/mol. The lowest BCUT2D eigenvalue weighted by molar-refractivity contribution is -0.120. The quantitative estimate of drug-likeness (QED) is 0.901. The minimum Gasteiger partial charge on any atom is -0.294 e. The van der Waals surface area contributed by atoms with Crippen LogP contribution in [0, 0.1) is 5.92 Å². The molecule has 1 aliphatic rings. The molecule has 1 atom stereocenters. The van der Waals surface area contributed by atoms with E-state index in [-0.39, 0.29) is 30.0 Å². The minimum atomic E-state index is -0.360. The number of carbonyl (C=O) groups is 2. The number of anilines is 1. The molecule has 2 aromatic rings. The van der Waals surface area contributed by atoms with Gasteiger partial charge in [-0.1, -0.05) is 24.3 Å². The summed E-state index contributed by atoms with van der Waals surface area (Å²) < 4.78 is 0. The van der Waals surface area contributed by atoms with E-state index in [1.807, 2.05) is 24.3 Å². The van der Waals surface area contributed by atoms with Crippen LogP contribution in [-0.4, -0.2) is 21.7 Å². The maximum absolute atomic E-state index is 12.2. The topological polar surface area (TPSA) is 72.0 Å². The van der Waals surface area contributed by atoms with Gasteiger partial charge in [-0.15, -0.1) is 0 Å². The minimum absolute atomic E-state index is 0.0148. The number of carbonyl (C=O) groups excluding carboxylic acids is 2. The van der Waals surface area contributed by atoms with Gasteiger partial charge in [-0.05, 0) is 18.1 Å². The third-order valence-corrected chi connectivity index (χ3v) is 3.39. The van der Waals surface area contributed by atoms with Crippen molar-refractivity contribution in [2.45, 2.75) is 12.8 Å². The number of nitrogens with zero attached hydrogens (tertiary/aromatic N) is 2. The Balaban J connectivity index is 1.76. The van der Waals surface area contributed by atoms with Gasteiger partial charge < -0.3 is 0 Å². The second-order valence-corrected chi connectivity index (χ2v) is 4.75. The highest BCUT2D eigenvalue weighted by atomic mass is 16.2. The van der Waals surface area contributed by atoms with Gasteiger partial charge in [-0.2, -0.15) is 0 Å². The summed E-state index contributed by atoms with van der Waals surface area (Å²) in [5, 5.41) is 2.65. The zero-order valence-electron chi connectivity index (χ0n) is 10.7. The van der Waals surface area contributed by atoms with Crippen LogP contribution in [0.4, 0.5) is 5.95 Å². The van der Waals surface area contributed by atoms with Gasteiger partial charge in [0.15, 0.2) is 5.78 Å². The summed E-state index contributed by atoms with van der Waals surface area (Å²) in [5.74, 6) is -0.287. The van der Waals surface area contributed by atoms with E-state index in [0.29, 0.717) is 6.42 Å². The number of Topliss-reactive ketones (excluding diaryl/α,β-unsaturated/α-hetero) is 1. The summed E-state index contributed by atoms with van der Waals surface area (Å²) in [5.41, 5.74) is 1.66. The lowest BCUT2D eigenvalue weighted by Crippen LogP contribution is -2.31. The van der Waals surface area contributed by atoms with Gasteiger partial charge in [0, 0.05) is 30.3 Å². The molecule has 1 unspecified atom stereocenters. The van der Waals surface area contributed by atoms with Crippen LogP contribution in [0.1, 0.15) is 22.3 Å². The van der Waals surface area contributed by atoms with Crippen LogP contribution in [0.5, 0.6) is 0 Å². The lowest BCUT2D eigenvalue weighted by atomic mass is 9.82. The summed E-state index contributed by atoms with van der Waals surface area (Å²) in [6.07, 6.45) is 3.92. The standard InChI is InChI=1S/C15H13N3O2/c19-13-9-11(8-10-4-1-2-5-12(10)13)14(20)18-15-16-6-3-7-17-15/h1-7,11H,8-9H2,(H,16,17,18,20). The maximum atomic E-state index is 12.2. The third kappa shape index (κ3) is 2.42. The van der Waals surface area contributed by atoms with Gasteiger partial charge in [0.2, 0.25) is 11.9 Å². The molecule has 0 radical (unpaired) electrons. The Labute approximate surface area is 116 Å². The number of ketones is 1. The van der Waals surface area contributed by atoms with Gasteiger partial charge in [-0.3, -0.25) is 14.9 Å². The zero-order chi connectivity index (χ0) is 13.9. The Morgan fingerprint density at radius 3 is 2.65 bits per heavy atom. The highest BCUT2D eigenvalue weighted by molar-refractivity contribution is 6.03. The van der Waals surface area contributed by atoms with E-state index in [1.165, 1.54) is 0 Å². The van der Waals surface area contributed by atoms with E-state index in [9.17, 15) is 9.59 Å². The van der Waals surface area contributed by atoms with Crippen LogP contribution in [0.2, 0.25) is 0 Å². The van der Waals surface area contributed by atoms with Gasteiger partial charge in [0.1, 0.15) is 0 Å². The van der Waals surface area contributed by atoms with Crippen molar-refractivity contribution in [2.75, 3.05) is 5.32 Å². The van der Waals surface area contributed by atoms with Crippen molar-refractivity contribution in [3.05, 3.63) is 53.9 Å². The molecule has 0 saturated carbocycles. The molecule has 5 heteroatoms. The van der Waals surface area contributed by atoms with Crippen LogP contribution in [0.3, 0.4) is 0 Å². The van der Waals surface area contributed by atoms with Crippen LogP contribution in [-0.2, 0) is 11.2 Å². The first-order valence-electron chi connectivity index (χ1n) is 6.43. The first-order valence-corrected chi connectivity index (χ1v) is 6.43. The first kappa shape index (κ1) is 12.5. The zero-order valence-corrected chi connectivity index (χ0v) is 10.7. The smallest absolute Gasteiger partial charge is 0.230 e. The van der Waals surface area contributed by atoms with Crippen molar-refractivity contribution >= 4 is 17.6 Å². The Kier molecular flexibility index (Phi) is 3.25. The Bertz CT molecular complexity index is 655. The van der Waals surface area contributed by atoms with E-state index < -0.39 is 0 Å². The predicted molar refractivity (Wildman–Crippen MR) is 73.2 cm³/mol. The Morgan fingerprint density at radius 1 is 1.10 bits per heavy atom. The summed E-state index contributed by atoms with van der Waals surface area (Å²) >= 11 is 0. The molecule has 0 aliphatic heterocycles. The molecule has 0 saturated heterocycles. The molecule has 100 valence electrons. The van der Waals surface area contributed by atoms with Gasteiger partial charge >= 0.3 is 0 Å². The molecule has 20 heavy (non-hydrogen) atoms. The van der Waals surface area contributed by atoms with E-state index in [0.717, 1.165) is 11.1 Å². The molecule has 1 aliphatic carbocycles. The van der Waals surface area contributed by atoms with Gasteiger partial charge in [0.05, 0.1) is 0 Å². The van der Waals surface area contributed by atoms with Crippen molar-refractivity contribution in [3.63, 3.8) is 0 Å². The summed E-state index contributed by atoms with van der Waals surface area (Å²) in [4.78, 5) is 32.1. The number of hydrogen-bond acceptors (Lipinski definition) is 4. The van der Waals surface area contributed by atoms with E-state index in [2.05, 4.69) is 15.3 Å². The van der Waals surface area contributed by atoms with Crippen molar-refractivity contribution < 1.29 is 9.59 Å². The molecule has 1 aromatic heterocycles. The molecule has 1 aromatic carbocycles. The van der Waals surface area contributed by atoms with E-state index in [4.69, 9.17) is 0 Å². The van der Waals surface area contributed by atoms with E-state index in [1.54, 1.807) is 18.5 Å². The van der Waals surface area contributed by atoms with Crippen molar-refractivity contribution in [1.29, 1.82) is 0 Å². The molecule has 1 N–H and O–H groups in total. The molecule has 0 fully saturated rings. The van der Waals surface area contributed by atoms with E-state index >= 15 is 0 Å². The number of nitrogens with one attached hydrogen (secondary N) is 1. The number of aromatic nitrogens is 2. The summed E-state index contributed by atoms with van der Waals surface area (Å²) in [6.45, 7) is 0. The van der Waals surface area contributed by atoms with Gasteiger partial charge in [-0.25, -0.2) is 9.97 Å². The number of fused-ring (bicyclic) bond motifs is 1. The second kappa shape index (κ2) is 5.21. The maximum Gasteiger partial charge on any atom is 0.230 e. The average Bonchev–Trinajstić information content (AvgIpc) is 2.48. The number of hydrogen-bond donors (Lipinski definition) is 1. The second-order valence-electron chi connectivity index (χ2n) is 4.75. The van der Waals surface area contributed by atoms with Crippen LogP contribution < -0.4 is 5.32 Å². The SMILES string of the molecule is O=C1CC(C(=O)Nc2ncccn2)Cc2ccccc21. The number of benzene rings is 1. The van der Waals surface area contributed by atoms with Crippen LogP contribution >= 0.6 is 0 Å². The fraction of sp³-hybridized carbons (Fsp3) is 0.200. The molecule has 1 amide bonds. The first-order chi connectivity index (χ1) is 9.74. The number of rotatable bonds is 2. The Morgan fingerprint density at radius 2 is 1.85 bits per heavy atom. The average molecular weight is 267 g/mol. The molecule has 3 rings (SSSR count). The highest BCUT2D eigenvalue weighted by Crippen LogP contribution is 2.26. The third-order valence-electron chi connectivity index (χ3n) is 3.39. The van der Waals surface area contributed by atoms with Crippen molar-refractivity contribution in [2.24, 2.45) is 5.92 Å². The normalized spacial score (nSPS) is 17.4. The predicted octanol–water partition coefficient (Wildman–Crippen LogP) is 1.86. The van der Waals surface area contributed by atoms with Crippen LogP contribution in [0.25, 0.3) is 0 Å². The molecule has 5 nitrogen and oxygen atoms in total. The largest absolute Gasteiger partial charge is 0.294 e. The van der Waals surface area contributed by atoms with Crippen molar-refractivity contribution in [3.8, 4) is 0 Å². The fourth-order valence-electron chi connectivity index (χ4n) is 2.40. The monoisotopic (exact) mass is 267 g/mol. The highest BCUT2D eigenvalue weighted by Gasteiger charge is 2.29.